The molecule has 0 spiro atoms. The van der Waals surface area contributed by atoms with Gasteiger partial charge in [0.15, 0.2) is 0 Å². The van der Waals surface area contributed by atoms with Crippen molar-refractivity contribution in [1.82, 2.24) is 15.5 Å². The largest absolute Gasteiger partial charge is 0.423 e. The summed E-state index contributed by atoms with van der Waals surface area (Å²) in [5.74, 6) is 1.69. The Labute approximate surface area is 102 Å². The Kier molecular flexibility index (Phi) is 4.12. The summed E-state index contributed by atoms with van der Waals surface area (Å²) in [6, 6.07) is 0.152. The van der Waals surface area contributed by atoms with Gasteiger partial charge in [-0.1, -0.05) is 13.8 Å². The summed E-state index contributed by atoms with van der Waals surface area (Å²) in [6.45, 7) is 5.02. The summed E-state index contributed by atoms with van der Waals surface area (Å²) < 4.78 is 11.4. The lowest BCUT2D eigenvalue weighted by Gasteiger charge is -2.12. The number of nitrogens with zero attached hydrogens (tertiary/aromatic N) is 2. The lowest BCUT2D eigenvalue weighted by Crippen LogP contribution is -2.15. The number of aromatic nitrogens is 2. The van der Waals surface area contributed by atoms with Crippen molar-refractivity contribution in [2.45, 2.75) is 51.2 Å². The van der Waals surface area contributed by atoms with Crippen LogP contribution in [-0.2, 0) is 4.74 Å². The summed E-state index contributed by atoms with van der Waals surface area (Å²) >= 11 is 0. The molecule has 1 N–H and O–H groups in total. The summed E-state index contributed by atoms with van der Waals surface area (Å²) in [4.78, 5) is 0. The van der Waals surface area contributed by atoms with Gasteiger partial charge in [0.25, 0.3) is 0 Å². The van der Waals surface area contributed by atoms with E-state index in [9.17, 15) is 0 Å². The SMILES string of the molecule is CCC(NC)c1nnc(C2CCOC2CC)o1. The molecule has 2 heterocycles. The van der Waals surface area contributed by atoms with Crippen LogP contribution in [0.25, 0.3) is 0 Å². The predicted molar refractivity (Wildman–Crippen MR) is 63.8 cm³/mol. The molecule has 17 heavy (non-hydrogen) atoms. The lowest BCUT2D eigenvalue weighted by molar-refractivity contribution is 0.0961. The number of rotatable bonds is 5. The second-order valence-electron chi connectivity index (χ2n) is 4.44. The highest BCUT2D eigenvalue weighted by Gasteiger charge is 2.33. The smallest absolute Gasteiger partial charge is 0.233 e. The molecule has 0 saturated carbocycles. The van der Waals surface area contributed by atoms with Gasteiger partial charge >= 0.3 is 0 Å². The molecule has 5 heteroatoms. The fourth-order valence-corrected chi connectivity index (χ4v) is 2.37. The second-order valence-corrected chi connectivity index (χ2v) is 4.44. The Balaban J connectivity index is 2.12. The third-order valence-corrected chi connectivity index (χ3v) is 3.44. The maximum absolute atomic E-state index is 5.78. The fourth-order valence-electron chi connectivity index (χ4n) is 2.37. The summed E-state index contributed by atoms with van der Waals surface area (Å²) in [5.41, 5.74) is 0. The first-order chi connectivity index (χ1) is 8.30. The van der Waals surface area contributed by atoms with Crippen LogP contribution in [0.5, 0.6) is 0 Å². The van der Waals surface area contributed by atoms with Gasteiger partial charge in [0.1, 0.15) is 0 Å². The topological polar surface area (TPSA) is 60.2 Å². The quantitative estimate of drug-likeness (QED) is 0.851. The first kappa shape index (κ1) is 12.5. The first-order valence-electron chi connectivity index (χ1n) is 6.42. The molecule has 0 aliphatic carbocycles. The van der Waals surface area contributed by atoms with Gasteiger partial charge in [-0.15, -0.1) is 10.2 Å². The Hall–Kier alpha value is -0.940. The van der Waals surface area contributed by atoms with E-state index in [4.69, 9.17) is 9.15 Å². The zero-order valence-electron chi connectivity index (χ0n) is 10.8. The number of ether oxygens (including phenoxy) is 1. The summed E-state index contributed by atoms with van der Waals surface area (Å²) in [6.07, 6.45) is 3.15. The van der Waals surface area contributed by atoms with Crippen LogP contribution in [0.3, 0.4) is 0 Å². The molecular formula is C12H21N3O2. The van der Waals surface area contributed by atoms with Crippen molar-refractivity contribution in [3.63, 3.8) is 0 Å². The van der Waals surface area contributed by atoms with Crippen LogP contribution in [0, 0.1) is 0 Å². The predicted octanol–water partition coefficient (Wildman–Crippen LogP) is 2.02. The molecule has 1 fully saturated rings. The standard InChI is InChI=1S/C12H21N3O2/c1-4-9(13-3)12-15-14-11(17-12)8-6-7-16-10(8)5-2/h8-10,13H,4-7H2,1-3H3. The van der Waals surface area contributed by atoms with E-state index >= 15 is 0 Å². The minimum atomic E-state index is 0.152. The Morgan fingerprint density at radius 1 is 1.41 bits per heavy atom. The third kappa shape index (κ3) is 2.50. The van der Waals surface area contributed by atoms with Gasteiger partial charge in [-0.05, 0) is 26.3 Å². The van der Waals surface area contributed by atoms with E-state index < -0.39 is 0 Å². The average Bonchev–Trinajstić information content (AvgIpc) is 2.98. The van der Waals surface area contributed by atoms with Crippen molar-refractivity contribution in [1.29, 1.82) is 0 Å². The minimum Gasteiger partial charge on any atom is -0.423 e. The molecule has 0 bridgehead atoms. The normalized spacial score (nSPS) is 26.3. The van der Waals surface area contributed by atoms with Crippen LogP contribution in [0.2, 0.25) is 0 Å². The molecule has 2 rings (SSSR count). The maximum atomic E-state index is 5.78. The molecule has 1 saturated heterocycles. The molecule has 1 aliphatic heterocycles. The van der Waals surface area contributed by atoms with Crippen molar-refractivity contribution < 1.29 is 9.15 Å². The lowest BCUT2D eigenvalue weighted by atomic mass is 10.00. The maximum Gasteiger partial charge on any atom is 0.233 e. The van der Waals surface area contributed by atoms with Crippen molar-refractivity contribution in [2.24, 2.45) is 0 Å². The van der Waals surface area contributed by atoms with Gasteiger partial charge in [0.05, 0.1) is 18.1 Å². The number of hydrogen-bond acceptors (Lipinski definition) is 5. The van der Waals surface area contributed by atoms with Gasteiger partial charge < -0.3 is 14.5 Å². The van der Waals surface area contributed by atoms with Crippen LogP contribution in [0.1, 0.15) is 56.9 Å². The second kappa shape index (κ2) is 5.60. The van der Waals surface area contributed by atoms with Crippen molar-refractivity contribution in [2.75, 3.05) is 13.7 Å². The average molecular weight is 239 g/mol. The van der Waals surface area contributed by atoms with Crippen LogP contribution in [-0.4, -0.2) is 30.0 Å². The molecule has 3 atom stereocenters. The van der Waals surface area contributed by atoms with E-state index in [-0.39, 0.29) is 18.1 Å². The van der Waals surface area contributed by atoms with Gasteiger partial charge in [-0.2, -0.15) is 0 Å². The summed E-state index contributed by atoms with van der Waals surface area (Å²) in [7, 11) is 1.91. The Bertz CT molecular complexity index is 349. The molecule has 1 aromatic heterocycles. The van der Waals surface area contributed by atoms with E-state index in [1.54, 1.807) is 0 Å². The van der Waals surface area contributed by atoms with Crippen LogP contribution in [0.4, 0.5) is 0 Å². The van der Waals surface area contributed by atoms with Crippen molar-refractivity contribution >= 4 is 0 Å². The van der Waals surface area contributed by atoms with E-state index in [2.05, 4.69) is 29.4 Å². The van der Waals surface area contributed by atoms with E-state index in [1.807, 2.05) is 7.05 Å². The number of nitrogens with one attached hydrogen (secondary N) is 1. The highest BCUT2D eigenvalue weighted by atomic mass is 16.5. The molecule has 96 valence electrons. The highest BCUT2D eigenvalue weighted by molar-refractivity contribution is 5.00. The van der Waals surface area contributed by atoms with Gasteiger partial charge in [-0.25, -0.2) is 0 Å². The van der Waals surface area contributed by atoms with Gasteiger partial charge in [-0.3, -0.25) is 0 Å². The zero-order valence-corrected chi connectivity index (χ0v) is 10.8. The number of hydrogen-bond donors (Lipinski definition) is 1. The first-order valence-corrected chi connectivity index (χ1v) is 6.42. The molecular weight excluding hydrogens is 218 g/mol. The van der Waals surface area contributed by atoms with E-state index in [0.29, 0.717) is 5.89 Å². The van der Waals surface area contributed by atoms with Crippen molar-refractivity contribution in [3.05, 3.63) is 11.8 Å². The monoisotopic (exact) mass is 239 g/mol. The molecule has 0 amide bonds. The molecule has 1 aromatic rings. The van der Waals surface area contributed by atoms with Gasteiger partial charge in [0.2, 0.25) is 11.8 Å². The van der Waals surface area contributed by atoms with E-state index in [1.165, 1.54) is 0 Å². The minimum absolute atomic E-state index is 0.152. The third-order valence-electron chi connectivity index (χ3n) is 3.44. The van der Waals surface area contributed by atoms with Crippen LogP contribution >= 0.6 is 0 Å². The van der Waals surface area contributed by atoms with E-state index in [0.717, 1.165) is 31.8 Å². The fraction of sp³-hybridized carbons (Fsp3) is 0.833. The Morgan fingerprint density at radius 3 is 2.88 bits per heavy atom. The Morgan fingerprint density at radius 2 is 2.24 bits per heavy atom. The molecule has 5 nitrogen and oxygen atoms in total. The molecule has 3 unspecified atom stereocenters. The summed E-state index contributed by atoms with van der Waals surface area (Å²) in [5, 5.41) is 11.5. The van der Waals surface area contributed by atoms with Crippen LogP contribution < -0.4 is 5.32 Å². The molecule has 0 aromatic carbocycles. The van der Waals surface area contributed by atoms with Gasteiger partial charge in [0, 0.05) is 6.61 Å². The highest BCUT2D eigenvalue weighted by Crippen LogP contribution is 2.32. The zero-order chi connectivity index (χ0) is 12.3. The molecule has 0 radical (unpaired) electrons. The molecule has 1 aliphatic rings. The van der Waals surface area contributed by atoms with Crippen LogP contribution in [0.15, 0.2) is 4.42 Å². The van der Waals surface area contributed by atoms with Crippen molar-refractivity contribution in [3.8, 4) is 0 Å².